The molecule has 1 aromatic heterocycles. The first-order valence-corrected chi connectivity index (χ1v) is 11.3. The highest BCUT2D eigenvalue weighted by atomic mass is 35.5. The average Bonchev–Trinajstić information content (AvgIpc) is 3.08. The highest BCUT2D eigenvalue weighted by molar-refractivity contribution is 7.07. The quantitative estimate of drug-likeness (QED) is 0.517. The zero-order chi connectivity index (χ0) is 23.7. The van der Waals surface area contributed by atoms with Crippen LogP contribution in [-0.4, -0.2) is 24.3 Å². The van der Waals surface area contributed by atoms with Gasteiger partial charge in [-0.25, -0.2) is 14.2 Å². The van der Waals surface area contributed by atoms with Gasteiger partial charge in [-0.2, -0.15) is 0 Å². The van der Waals surface area contributed by atoms with E-state index < -0.39 is 17.8 Å². The third-order valence-electron chi connectivity index (χ3n) is 5.18. The van der Waals surface area contributed by atoms with E-state index in [0.29, 0.717) is 36.9 Å². The van der Waals surface area contributed by atoms with Crippen molar-refractivity contribution in [3.8, 4) is 5.75 Å². The number of carbonyl (C=O) groups is 1. The zero-order valence-corrected chi connectivity index (χ0v) is 19.7. The normalized spacial score (nSPS) is 15.8. The van der Waals surface area contributed by atoms with Crippen molar-refractivity contribution in [2.24, 2.45) is 4.99 Å². The molecule has 0 saturated carbocycles. The minimum Gasteiger partial charge on any atom is -0.496 e. The van der Waals surface area contributed by atoms with Crippen LogP contribution >= 0.6 is 22.9 Å². The number of allylic oxidation sites excluding steroid dienone is 1. The van der Waals surface area contributed by atoms with Gasteiger partial charge in [0.15, 0.2) is 4.80 Å². The summed E-state index contributed by atoms with van der Waals surface area (Å²) in [6, 6.07) is 10.00. The third kappa shape index (κ3) is 4.36. The van der Waals surface area contributed by atoms with Crippen molar-refractivity contribution in [3.63, 3.8) is 0 Å². The number of hydrogen-bond donors (Lipinski definition) is 0. The van der Waals surface area contributed by atoms with E-state index in [1.54, 1.807) is 50.3 Å². The van der Waals surface area contributed by atoms with Crippen molar-refractivity contribution in [1.82, 2.24) is 4.57 Å². The number of nitrogens with zero attached hydrogens (tertiary/aromatic N) is 2. The van der Waals surface area contributed by atoms with Crippen molar-refractivity contribution in [2.75, 3.05) is 13.7 Å². The van der Waals surface area contributed by atoms with Gasteiger partial charge < -0.3 is 9.47 Å². The Morgan fingerprint density at radius 2 is 2.00 bits per heavy atom. The second-order valence-electron chi connectivity index (χ2n) is 7.24. The molecule has 0 N–H and O–H groups in total. The molecule has 0 amide bonds. The Kier molecular flexibility index (Phi) is 6.49. The Morgan fingerprint density at radius 3 is 2.67 bits per heavy atom. The van der Waals surface area contributed by atoms with Gasteiger partial charge in [-0.1, -0.05) is 35.1 Å². The molecule has 0 aliphatic carbocycles. The summed E-state index contributed by atoms with van der Waals surface area (Å²) in [7, 11) is 1.53. The first kappa shape index (κ1) is 22.9. The molecule has 0 bridgehead atoms. The molecule has 0 saturated heterocycles. The van der Waals surface area contributed by atoms with Crippen LogP contribution in [0.2, 0.25) is 5.02 Å². The van der Waals surface area contributed by atoms with Crippen LogP contribution in [0, 0.1) is 5.82 Å². The van der Waals surface area contributed by atoms with Crippen LogP contribution in [0.4, 0.5) is 4.39 Å². The van der Waals surface area contributed by atoms with Gasteiger partial charge in [0.1, 0.15) is 11.6 Å². The number of esters is 1. The maximum absolute atomic E-state index is 13.6. The highest BCUT2D eigenvalue weighted by Crippen LogP contribution is 2.31. The Labute approximate surface area is 197 Å². The summed E-state index contributed by atoms with van der Waals surface area (Å²) in [6.45, 7) is 3.57. The van der Waals surface area contributed by atoms with Crippen LogP contribution < -0.4 is 19.6 Å². The lowest BCUT2D eigenvalue weighted by molar-refractivity contribution is -0.139. The summed E-state index contributed by atoms with van der Waals surface area (Å²) in [5, 5.41) is 0.499. The molecule has 4 rings (SSSR count). The molecule has 6 nitrogen and oxygen atoms in total. The minimum atomic E-state index is -0.802. The number of ether oxygens (including phenoxy) is 2. The van der Waals surface area contributed by atoms with E-state index in [-0.39, 0.29) is 17.7 Å². The second-order valence-corrected chi connectivity index (χ2v) is 8.69. The van der Waals surface area contributed by atoms with Crippen LogP contribution in [0.5, 0.6) is 5.75 Å². The number of rotatable bonds is 5. The first-order valence-electron chi connectivity index (χ1n) is 10.1. The molecule has 9 heteroatoms. The Morgan fingerprint density at radius 1 is 1.27 bits per heavy atom. The molecule has 1 aliphatic heterocycles. The molecular weight excluding hydrogens is 467 g/mol. The summed E-state index contributed by atoms with van der Waals surface area (Å²) in [5.74, 6) is -0.430. The van der Waals surface area contributed by atoms with Crippen LogP contribution in [0.15, 0.2) is 63.5 Å². The summed E-state index contributed by atoms with van der Waals surface area (Å²) in [6.07, 6.45) is 1.68. The molecule has 3 aromatic rings. The smallest absolute Gasteiger partial charge is 0.338 e. The van der Waals surface area contributed by atoms with Crippen molar-refractivity contribution in [3.05, 3.63) is 95.4 Å². The number of fused-ring (bicyclic) bond motifs is 1. The average molecular weight is 487 g/mol. The highest BCUT2D eigenvalue weighted by Gasteiger charge is 2.33. The minimum absolute atomic E-state index is 0.171. The molecule has 170 valence electrons. The van der Waals surface area contributed by atoms with Crippen molar-refractivity contribution < 1.29 is 18.7 Å². The van der Waals surface area contributed by atoms with Gasteiger partial charge >= 0.3 is 5.97 Å². The molecule has 2 heterocycles. The molecule has 2 aromatic carbocycles. The van der Waals surface area contributed by atoms with Crippen LogP contribution in [0.1, 0.15) is 31.0 Å². The van der Waals surface area contributed by atoms with Crippen LogP contribution in [0.25, 0.3) is 6.08 Å². The summed E-state index contributed by atoms with van der Waals surface area (Å²) in [5.41, 5.74) is 1.54. The molecule has 0 fully saturated rings. The number of thiazole rings is 1. The van der Waals surface area contributed by atoms with Crippen molar-refractivity contribution in [2.45, 2.75) is 19.9 Å². The van der Waals surface area contributed by atoms with E-state index in [2.05, 4.69) is 4.99 Å². The van der Waals surface area contributed by atoms with E-state index >= 15 is 0 Å². The van der Waals surface area contributed by atoms with Gasteiger partial charge in [-0.05, 0) is 55.8 Å². The molecule has 0 spiro atoms. The van der Waals surface area contributed by atoms with E-state index in [9.17, 15) is 14.0 Å². The van der Waals surface area contributed by atoms with Crippen molar-refractivity contribution >= 4 is 35.0 Å². The summed E-state index contributed by atoms with van der Waals surface area (Å²) in [4.78, 5) is 31.3. The molecular formula is C24H20ClFN2O4S. The molecule has 1 aliphatic rings. The standard InChI is InChI=1S/C24H20ClFN2O4S/c1-4-32-23(30)20-13(2)27-24-28(21(20)14-5-8-17(26)9-6-14)22(29)19(33-24)12-15-11-16(25)7-10-18(15)31-3/h5-12,21H,4H2,1-3H3/t21-/m0/s1. The Bertz CT molecular complexity index is 1440. The monoisotopic (exact) mass is 486 g/mol. The van der Waals surface area contributed by atoms with E-state index in [1.807, 2.05) is 0 Å². The van der Waals surface area contributed by atoms with Gasteiger partial charge in [0.25, 0.3) is 5.56 Å². The number of aromatic nitrogens is 1. The summed E-state index contributed by atoms with van der Waals surface area (Å²) < 4.78 is 26.1. The van der Waals surface area contributed by atoms with Gasteiger partial charge in [-0.15, -0.1) is 0 Å². The molecule has 0 radical (unpaired) electrons. The van der Waals surface area contributed by atoms with E-state index in [1.165, 1.54) is 35.1 Å². The number of halogens is 2. The Balaban J connectivity index is 1.97. The fourth-order valence-corrected chi connectivity index (χ4v) is 4.93. The van der Waals surface area contributed by atoms with Gasteiger partial charge in [0.05, 0.1) is 35.6 Å². The molecule has 1 atom stereocenters. The lowest BCUT2D eigenvalue weighted by atomic mass is 9.96. The predicted molar refractivity (Wildman–Crippen MR) is 125 cm³/mol. The van der Waals surface area contributed by atoms with Gasteiger partial charge in [0, 0.05) is 10.6 Å². The van der Waals surface area contributed by atoms with Crippen LogP contribution in [0.3, 0.4) is 0 Å². The fraction of sp³-hybridized carbons (Fsp3) is 0.208. The van der Waals surface area contributed by atoms with Gasteiger partial charge in [-0.3, -0.25) is 9.36 Å². The number of benzene rings is 2. The largest absolute Gasteiger partial charge is 0.496 e. The fourth-order valence-electron chi connectivity index (χ4n) is 3.71. The third-order valence-corrected chi connectivity index (χ3v) is 6.40. The molecule has 0 unspecified atom stereocenters. The first-order chi connectivity index (χ1) is 15.8. The maximum atomic E-state index is 13.6. The maximum Gasteiger partial charge on any atom is 0.338 e. The summed E-state index contributed by atoms with van der Waals surface area (Å²) >= 11 is 7.32. The van der Waals surface area contributed by atoms with Crippen molar-refractivity contribution in [1.29, 1.82) is 0 Å². The lowest BCUT2D eigenvalue weighted by Crippen LogP contribution is -2.39. The van der Waals surface area contributed by atoms with E-state index in [0.717, 1.165) is 0 Å². The number of carbonyl (C=O) groups excluding carboxylic acids is 1. The number of methoxy groups -OCH3 is 1. The topological polar surface area (TPSA) is 69.9 Å². The number of hydrogen-bond acceptors (Lipinski definition) is 6. The SMILES string of the molecule is CCOC(=O)C1=C(C)N=c2sc(=Cc3cc(Cl)ccc3OC)c(=O)n2[C@H]1c1ccc(F)cc1. The van der Waals surface area contributed by atoms with Crippen LogP contribution in [-0.2, 0) is 9.53 Å². The Hall–Kier alpha value is -3.23. The lowest BCUT2D eigenvalue weighted by Gasteiger charge is -2.24. The predicted octanol–water partition coefficient (Wildman–Crippen LogP) is 3.60. The van der Waals surface area contributed by atoms with Gasteiger partial charge in [0.2, 0.25) is 0 Å². The second kappa shape index (κ2) is 9.33. The molecule has 33 heavy (non-hydrogen) atoms. The van der Waals surface area contributed by atoms with E-state index in [4.69, 9.17) is 21.1 Å². The zero-order valence-electron chi connectivity index (χ0n) is 18.1.